The molecule has 0 bridgehead atoms. The van der Waals surface area contributed by atoms with E-state index in [9.17, 15) is 20.0 Å². The van der Waals surface area contributed by atoms with Crippen molar-refractivity contribution in [2.75, 3.05) is 11.9 Å². The Labute approximate surface area is 149 Å². The molecular weight excluding hydrogens is 342 g/mol. The number of nitro benzene ring substituents is 1. The number of thiophene rings is 1. The lowest BCUT2D eigenvalue weighted by molar-refractivity contribution is -0.384. The molecule has 2 aromatic rings. The molecule has 1 aromatic carbocycles. The molecule has 7 nitrogen and oxygen atoms in total. The summed E-state index contributed by atoms with van der Waals surface area (Å²) in [6.45, 7) is 5.37. The summed E-state index contributed by atoms with van der Waals surface area (Å²) in [5.74, 6) is -0.366. The largest absolute Gasteiger partial charge is 0.384 e. The van der Waals surface area contributed by atoms with E-state index in [-0.39, 0.29) is 35.4 Å². The molecule has 0 saturated carbocycles. The number of benzene rings is 1. The first-order valence-electron chi connectivity index (χ1n) is 7.79. The number of rotatable bonds is 7. The second-order valence-electron chi connectivity index (χ2n) is 6.26. The maximum Gasteiger partial charge on any atom is 0.293 e. The number of aliphatic hydroxyl groups is 1. The predicted molar refractivity (Wildman–Crippen MR) is 98.1 cm³/mol. The lowest BCUT2D eigenvalue weighted by Gasteiger charge is -2.23. The van der Waals surface area contributed by atoms with Crippen LogP contribution in [0.2, 0.25) is 0 Å². The van der Waals surface area contributed by atoms with Crippen molar-refractivity contribution in [2.24, 2.45) is 0 Å². The monoisotopic (exact) mass is 363 g/mol. The molecule has 25 heavy (non-hydrogen) atoms. The van der Waals surface area contributed by atoms with E-state index >= 15 is 0 Å². The first-order chi connectivity index (χ1) is 11.7. The van der Waals surface area contributed by atoms with Crippen molar-refractivity contribution in [1.29, 1.82) is 0 Å². The lowest BCUT2D eigenvalue weighted by Crippen LogP contribution is -2.31. The maximum absolute atomic E-state index is 12.0. The van der Waals surface area contributed by atoms with E-state index in [1.807, 2.05) is 24.6 Å². The number of amides is 1. The molecule has 8 heteroatoms. The number of carbonyl (C=O) groups excluding carboxylic acids is 1. The Morgan fingerprint density at radius 2 is 2.12 bits per heavy atom. The van der Waals surface area contributed by atoms with Crippen LogP contribution in [0.5, 0.6) is 0 Å². The second-order valence-corrected chi connectivity index (χ2v) is 7.04. The minimum absolute atomic E-state index is 0.0648. The van der Waals surface area contributed by atoms with E-state index in [2.05, 4.69) is 10.6 Å². The van der Waals surface area contributed by atoms with Gasteiger partial charge in [-0.15, -0.1) is 0 Å². The lowest BCUT2D eigenvalue weighted by atomic mass is 9.99. The number of anilines is 1. The van der Waals surface area contributed by atoms with Gasteiger partial charge in [0.05, 0.1) is 4.92 Å². The van der Waals surface area contributed by atoms with Crippen molar-refractivity contribution in [2.45, 2.75) is 32.4 Å². The second kappa shape index (κ2) is 7.62. The van der Waals surface area contributed by atoms with Crippen molar-refractivity contribution in [1.82, 2.24) is 5.32 Å². The average Bonchev–Trinajstić information content (AvgIpc) is 3.07. The van der Waals surface area contributed by atoms with Gasteiger partial charge in [0.15, 0.2) is 0 Å². The third-order valence-electron chi connectivity index (χ3n) is 3.64. The summed E-state index contributed by atoms with van der Waals surface area (Å²) in [5.41, 5.74) is -0.170. The molecule has 134 valence electrons. The molecule has 1 aromatic heterocycles. The van der Waals surface area contributed by atoms with Crippen LogP contribution in [0.25, 0.3) is 0 Å². The Morgan fingerprint density at radius 3 is 2.68 bits per heavy atom. The number of nitrogens with one attached hydrogen (secondary N) is 2. The van der Waals surface area contributed by atoms with Gasteiger partial charge in [-0.25, -0.2) is 0 Å². The first kappa shape index (κ1) is 18.9. The summed E-state index contributed by atoms with van der Waals surface area (Å²) in [5, 5.41) is 31.2. The Morgan fingerprint density at radius 1 is 1.40 bits per heavy atom. The van der Waals surface area contributed by atoms with Crippen molar-refractivity contribution in [3.05, 3.63) is 56.3 Å². The minimum atomic E-state index is -1.17. The third-order valence-corrected chi connectivity index (χ3v) is 4.33. The van der Waals surface area contributed by atoms with Gasteiger partial charge in [0.2, 0.25) is 0 Å². The van der Waals surface area contributed by atoms with E-state index in [0.29, 0.717) is 0 Å². The number of nitro groups is 1. The molecule has 3 N–H and O–H groups in total. The molecule has 0 fully saturated rings. The fraction of sp³-hybridized carbons (Fsp3) is 0.353. The van der Waals surface area contributed by atoms with Crippen LogP contribution in [0.1, 0.15) is 36.7 Å². The van der Waals surface area contributed by atoms with Gasteiger partial charge in [-0.05, 0) is 55.3 Å². The van der Waals surface area contributed by atoms with Crippen LogP contribution in [-0.2, 0) is 5.60 Å². The van der Waals surface area contributed by atoms with E-state index in [1.54, 1.807) is 13.0 Å². The topological polar surface area (TPSA) is 104 Å². The summed E-state index contributed by atoms with van der Waals surface area (Å²) in [6.07, 6.45) is 0. The van der Waals surface area contributed by atoms with E-state index in [1.165, 1.54) is 29.5 Å². The zero-order chi connectivity index (χ0) is 18.6. The van der Waals surface area contributed by atoms with Crippen molar-refractivity contribution >= 4 is 28.6 Å². The molecule has 0 spiro atoms. The Kier molecular flexibility index (Phi) is 5.76. The number of nitrogens with zero attached hydrogens (tertiary/aromatic N) is 1. The highest BCUT2D eigenvalue weighted by Gasteiger charge is 2.25. The molecule has 0 radical (unpaired) electrons. The Bertz CT molecular complexity index is 757. The molecule has 1 heterocycles. The van der Waals surface area contributed by atoms with Crippen LogP contribution in [-0.4, -0.2) is 28.5 Å². The Hall–Kier alpha value is -2.45. The summed E-state index contributed by atoms with van der Waals surface area (Å²) in [7, 11) is 0. The fourth-order valence-electron chi connectivity index (χ4n) is 2.26. The van der Waals surface area contributed by atoms with Gasteiger partial charge in [0, 0.05) is 24.2 Å². The van der Waals surface area contributed by atoms with E-state index < -0.39 is 10.5 Å². The molecule has 1 amide bonds. The third kappa shape index (κ3) is 4.77. The standard InChI is InChI=1S/C17H21N3O4S/c1-11(2)19-16(21)12-4-5-14(15(8-12)20(23)24)18-10-17(3,22)13-6-7-25-9-13/h4-9,11,18,22H,10H2,1-3H3,(H,19,21). The van der Waals surface area contributed by atoms with Gasteiger partial charge < -0.3 is 15.7 Å². The van der Waals surface area contributed by atoms with Crippen LogP contribution in [0.15, 0.2) is 35.0 Å². The van der Waals surface area contributed by atoms with Gasteiger partial charge in [-0.1, -0.05) is 0 Å². The SMILES string of the molecule is CC(C)NC(=O)c1ccc(NCC(C)(O)c2ccsc2)c([N+](=O)[O-])c1. The quantitative estimate of drug-likeness (QED) is 0.518. The maximum atomic E-state index is 12.0. The molecule has 0 aliphatic rings. The summed E-state index contributed by atoms with van der Waals surface area (Å²) < 4.78 is 0. The van der Waals surface area contributed by atoms with E-state index in [0.717, 1.165) is 5.56 Å². The highest BCUT2D eigenvalue weighted by molar-refractivity contribution is 7.08. The first-order valence-corrected chi connectivity index (χ1v) is 8.73. The predicted octanol–water partition coefficient (Wildman–Crippen LogP) is 3.11. The molecule has 2 rings (SSSR count). The van der Waals surface area contributed by atoms with Gasteiger partial charge in [-0.2, -0.15) is 11.3 Å². The number of carbonyl (C=O) groups is 1. The molecule has 0 saturated heterocycles. The highest BCUT2D eigenvalue weighted by atomic mass is 32.1. The number of hydrogen-bond acceptors (Lipinski definition) is 6. The molecule has 0 aliphatic heterocycles. The molecule has 0 aliphatic carbocycles. The van der Waals surface area contributed by atoms with E-state index in [4.69, 9.17) is 0 Å². The van der Waals surface area contributed by atoms with Crippen molar-refractivity contribution in [3.8, 4) is 0 Å². The van der Waals surface area contributed by atoms with Crippen LogP contribution < -0.4 is 10.6 Å². The Balaban J connectivity index is 2.20. The summed E-state index contributed by atoms with van der Waals surface area (Å²) in [6, 6.07) is 5.98. The van der Waals surface area contributed by atoms with Gasteiger partial charge in [0.1, 0.15) is 11.3 Å². The summed E-state index contributed by atoms with van der Waals surface area (Å²) >= 11 is 1.47. The van der Waals surface area contributed by atoms with Crippen LogP contribution in [0, 0.1) is 10.1 Å². The zero-order valence-corrected chi connectivity index (χ0v) is 15.1. The molecular formula is C17H21N3O4S. The number of hydrogen-bond donors (Lipinski definition) is 3. The highest BCUT2D eigenvalue weighted by Crippen LogP contribution is 2.28. The fourth-order valence-corrected chi connectivity index (χ4v) is 3.04. The molecule has 1 unspecified atom stereocenters. The van der Waals surface area contributed by atoms with Crippen molar-refractivity contribution < 1.29 is 14.8 Å². The zero-order valence-electron chi connectivity index (χ0n) is 14.3. The van der Waals surface area contributed by atoms with Crippen LogP contribution in [0.4, 0.5) is 11.4 Å². The van der Waals surface area contributed by atoms with Crippen LogP contribution in [0.3, 0.4) is 0 Å². The van der Waals surface area contributed by atoms with Crippen LogP contribution >= 0.6 is 11.3 Å². The molecule has 1 atom stereocenters. The smallest absolute Gasteiger partial charge is 0.293 e. The van der Waals surface area contributed by atoms with Gasteiger partial charge >= 0.3 is 0 Å². The van der Waals surface area contributed by atoms with Crippen molar-refractivity contribution in [3.63, 3.8) is 0 Å². The average molecular weight is 363 g/mol. The minimum Gasteiger partial charge on any atom is -0.384 e. The summed E-state index contributed by atoms with van der Waals surface area (Å²) in [4.78, 5) is 22.8. The van der Waals surface area contributed by atoms with Gasteiger partial charge in [-0.3, -0.25) is 14.9 Å². The normalized spacial score (nSPS) is 13.3. The van der Waals surface area contributed by atoms with Gasteiger partial charge in [0.25, 0.3) is 11.6 Å².